The molecule has 0 aliphatic heterocycles. The van der Waals surface area contributed by atoms with Crippen molar-refractivity contribution in [1.29, 1.82) is 0 Å². The van der Waals surface area contributed by atoms with Crippen LogP contribution >= 0.6 is 23.1 Å². The Bertz CT molecular complexity index is 991. The van der Waals surface area contributed by atoms with Crippen molar-refractivity contribution in [3.63, 3.8) is 0 Å². The second-order valence-electron chi connectivity index (χ2n) is 5.40. The van der Waals surface area contributed by atoms with Gasteiger partial charge >= 0.3 is 0 Å². The summed E-state index contributed by atoms with van der Waals surface area (Å²) in [6.45, 7) is 2.52. The molecule has 0 saturated carbocycles. The summed E-state index contributed by atoms with van der Waals surface area (Å²) < 4.78 is 2.99. The molecule has 3 nitrogen and oxygen atoms in total. The molecule has 0 unspecified atom stereocenters. The van der Waals surface area contributed by atoms with Crippen LogP contribution in [0.15, 0.2) is 58.4 Å². The Balaban J connectivity index is 1.87. The van der Waals surface area contributed by atoms with E-state index in [1.807, 2.05) is 41.0 Å². The predicted octanol–water partition coefficient (Wildman–Crippen LogP) is 4.12. The van der Waals surface area contributed by atoms with E-state index in [-0.39, 0.29) is 5.91 Å². The largest absolute Gasteiger partial charge is 0.305 e. The maximum Gasteiger partial charge on any atom is 0.252 e. The quantitative estimate of drug-likeness (QED) is 0.503. The van der Waals surface area contributed by atoms with Gasteiger partial charge in [0.2, 0.25) is 0 Å². The third kappa shape index (κ3) is 4.22. The first-order valence-electron chi connectivity index (χ1n) is 8.02. The van der Waals surface area contributed by atoms with Crippen molar-refractivity contribution in [2.45, 2.75) is 24.8 Å². The third-order valence-corrected chi connectivity index (χ3v) is 5.60. The van der Waals surface area contributed by atoms with Crippen LogP contribution in [0.3, 0.4) is 0 Å². The molecule has 3 rings (SSSR count). The Hall–Kier alpha value is -2.29. The molecule has 0 spiro atoms. The highest BCUT2D eigenvalue weighted by Gasteiger charge is 2.07. The minimum absolute atomic E-state index is 0.159. The average Bonchev–Trinajstić information content (AvgIpc) is 2.95. The first-order chi connectivity index (χ1) is 12.2. The van der Waals surface area contributed by atoms with Crippen molar-refractivity contribution in [2.75, 3.05) is 5.75 Å². The minimum atomic E-state index is -0.159. The van der Waals surface area contributed by atoms with E-state index in [1.54, 1.807) is 11.8 Å². The highest BCUT2D eigenvalue weighted by atomic mass is 32.2. The van der Waals surface area contributed by atoms with Gasteiger partial charge in [-0.3, -0.25) is 4.79 Å². The maximum absolute atomic E-state index is 12.4. The molecule has 0 saturated heterocycles. The van der Waals surface area contributed by atoms with Gasteiger partial charge in [-0.1, -0.05) is 48.4 Å². The van der Waals surface area contributed by atoms with E-state index >= 15 is 0 Å². The van der Waals surface area contributed by atoms with E-state index in [9.17, 15) is 4.79 Å². The van der Waals surface area contributed by atoms with E-state index in [2.05, 4.69) is 30.0 Å². The Morgan fingerprint density at radius 1 is 1.24 bits per heavy atom. The van der Waals surface area contributed by atoms with E-state index in [0.717, 1.165) is 21.5 Å². The molecule has 3 aromatic rings. The van der Waals surface area contributed by atoms with Crippen LogP contribution in [-0.4, -0.2) is 16.2 Å². The Labute approximate surface area is 155 Å². The number of rotatable bonds is 5. The molecule has 5 heteroatoms. The molecular weight excluding hydrogens is 348 g/mol. The van der Waals surface area contributed by atoms with Gasteiger partial charge in [-0.25, -0.2) is 0 Å². The SMILES string of the molecule is C#CCn1c(=NC(=O)Cc2ccc(SCC)cc2)sc2ccccc21. The van der Waals surface area contributed by atoms with Crippen LogP contribution in [0.5, 0.6) is 0 Å². The molecule has 126 valence electrons. The number of terminal acetylenes is 1. The average molecular weight is 367 g/mol. The fourth-order valence-electron chi connectivity index (χ4n) is 2.54. The molecule has 0 aliphatic carbocycles. The number of aromatic nitrogens is 1. The summed E-state index contributed by atoms with van der Waals surface area (Å²) in [4.78, 5) is 18.6. The fraction of sp³-hybridized carbons (Fsp3) is 0.200. The zero-order valence-electron chi connectivity index (χ0n) is 13.9. The van der Waals surface area contributed by atoms with Gasteiger partial charge in [0.25, 0.3) is 5.91 Å². The summed E-state index contributed by atoms with van der Waals surface area (Å²) in [7, 11) is 0. The number of thiazole rings is 1. The molecule has 1 amide bonds. The van der Waals surface area contributed by atoms with Crippen LogP contribution < -0.4 is 4.80 Å². The normalized spacial score (nSPS) is 11.6. The lowest BCUT2D eigenvalue weighted by atomic mass is 10.1. The number of para-hydroxylation sites is 1. The molecule has 0 fully saturated rings. The van der Waals surface area contributed by atoms with Gasteiger partial charge in [0.1, 0.15) is 0 Å². The molecule has 0 bridgehead atoms. The van der Waals surface area contributed by atoms with Crippen molar-refractivity contribution in [3.05, 3.63) is 58.9 Å². The van der Waals surface area contributed by atoms with Gasteiger partial charge in [0.05, 0.1) is 23.2 Å². The van der Waals surface area contributed by atoms with Gasteiger partial charge in [-0.2, -0.15) is 4.99 Å². The summed E-state index contributed by atoms with van der Waals surface area (Å²) in [6.07, 6.45) is 5.77. The Morgan fingerprint density at radius 3 is 2.72 bits per heavy atom. The summed E-state index contributed by atoms with van der Waals surface area (Å²) in [5, 5.41) is 0. The van der Waals surface area contributed by atoms with Crippen LogP contribution in [-0.2, 0) is 17.8 Å². The van der Waals surface area contributed by atoms with Crippen molar-refractivity contribution in [2.24, 2.45) is 4.99 Å². The van der Waals surface area contributed by atoms with E-state index < -0.39 is 0 Å². The lowest BCUT2D eigenvalue weighted by Gasteiger charge is -2.01. The highest BCUT2D eigenvalue weighted by Crippen LogP contribution is 2.18. The van der Waals surface area contributed by atoms with Gasteiger partial charge < -0.3 is 4.57 Å². The molecule has 1 aromatic heterocycles. The standard InChI is InChI=1S/C20H18N2OS2/c1-3-13-22-17-7-5-6-8-18(17)25-20(22)21-19(23)14-15-9-11-16(12-10-15)24-4-2/h1,5-12H,4,13-14H2,2H3. The van der Waals surface area contributed by atoms with Crippen LogP contribution in [0.1, 0.15) is 12.5 Å². The second kappa shape index (κ2) is 8.19. The molecule has 2 aromatic carbocycles. The lowest BCUT2D eigenvalue weighted by Crippen LogP contribution is -2.17. The Morgan fingerprint density at radius 2 is 2.00 bits per heavy atom. The van der Waals surface area contributed by atoms with Crippen molar-refractivity contribution >= 4 is 39.2 Å². The molecule has 0 N–H and O–H groups in total. The smallest absolute Gasteiger partial charge is 0.252 e. The van der Waals surface area contributed by atoms with E-state index in [0.29, 0.717) is 17.8 Å². The highest BCUT2D eigenvalue weighted by molar-refractivity contribution is 7.99. The van der Waals surface area contributed by atoms with Gasteiger partial charge in [0, 0.05) is 4.90 Å². The number of amides is 1. The molecular formula is C20H18N2OS2. The topological polar surface area (TPSA) is 34.4 Å². The number of thioether (sulfide) groups is 1. The maximum atomic E-state index is 12.4. The van der Waals surface area contributed by atoms with Crippen LogP contribution in [0.25, 0.3) is 10.2 Å². The van der Waals surface area contributed by atoms with Crippen LogP contribution in [0.2, 0.25) is 0 Å². The molecule has 0 atom stereocenters. The fourth-order valence-corrected chi connectivity index (χ4v) is 4.25. The lowest BCUT2D eigenvalue weighted by molar-refractivity contribution is -0.117. The van der Waals surface area contributed by atoms with Crippen molar-refractivity contribution in [1.82, 2.24) is 4.57 Å². The first-order valence-corrected chi connectivity index (χ1v) is 9.82. The number of carbonyl (C=O) groups excluding carboxylic acids is 1. The van der Waals surface area contributed by atoms with E-state index in [1.165, 1.54) is 16.2 Å². The van der Waals surface area contributed by atoms with Crippen molar-refractivity contribution < 1.29 is 4.79 Å². The van der Waals surface area contributed by atoms with Crippen molar-refractivity contribution in [3.8, 4) is 12.3 Å². The number of hydrogen-bond donors (Lipinski definition) is 0. The third-order valence-electron chi connectivity index (χ3n) is 3.65. The van der Waals surface area contributed by atoms with Gasteiger partial charge in [-0.15, -0.1) is 18.2 Å². The minimum Gasteiger partial charge on any atom is -0.305 e. The molecule has 25 heavy (non-hydrogen) atoms. The number of benzene rings is 2. The second-order valence-corrected chi connectivity index (χ2v) is 7.75. The summed E-state index contributed by atoms with van der Waals surface area (Å²) in [5.74, 6) is 3.52. The monoisotopic (exact) mass is 366 g/mol. The summed E-state index contributed by atoms with van der Waals surface area (Å²) >= 11 is 3.27. The van der Waals surface area contributed by atoms with E-state index in [4.69, 9.17) is 6.42 Å². The molecule has 0 aliphatic rings. The van der Waals surface area contributed by atoms with Gasteiger partial charge in [0.15, 0.2) is 4.80 Å². The van der Waals surface area contributed by atoms with Gasteiger partial charge in [-0.05, 0) is 35.6 Å². The number of hydrogen-bond acceptors (Lipinski definition) is 3. The molecule has 0 radical (unpaired) electrons. The zero-order chi connectivity index (χ0) is 17.6. The number of fused-ring (bicyclic) bond motifs is 1. The summed E-state index contributed by atoms with van der Waals surface area (Å²) in [5.41, 5.74) is 1.98. The predicted molar refractivity (Wildman–Crippen MR) is 106 cm³/mol. The van der Waals surface area contributed by atoms with Crippen LogP contribution in [0, 0.1) is 12.3 Å². The van der Waals surface area contributed by atoms with Crippen LogP contribution in [0.4, 0.5) is 0 Å². The Kier molecular flexibility index (Phi) is 5.75. The number of nitrogens with zero attached hydrogens (tertiary/aromatic N) is 2. The first kappa shape index (κ1) is 17.5. The molecule has 1 heterocycles. The summed E-state index contributed by atoms with van der Waals surface area (Å²) in [6, 6.07) is 16.0. The number of carbonyl (C=O) groups is 1. The zero-order valence-corrected chi connectivity index (χ0v) is 15.6.